The van der Waals surface area contributed by atoms with Gasteiger partial charge in [-0.05, 0) is 25.2 Å². The summed E-state index contributed by atoms with van der Waals surface area (Å²) in [4.78, 5) is 0. The zero-order chi connectivity index (χ0) is 8.20. The van der Waals surface area contributed by atoms with Crippen LogP contribution in [0.4, 0.5) is 0 Å². The lowest BCUT2D eigenvalue weighted by Crippen LogP contribution is -2.18. The minimum atomic E-state index is -0.245. The number of rotatable bonds is 4. The lowest BCUT2D eigenvalue weighted by molar-refractivity contribution is 0.115. The van der Waals surface area contributed by atoms with Crippen LogP contribution in [-0.4, -0.2) is 22.9 Å². The number of hydrogen-bond donors (Lipinski definition) is 2. The molecule has 2 N–H and O–H groups in total. The van der Waals surface area contributed by atoms with Crippen LogP contribution < -0.4 is 0 Å². The van der Waals surface area contributed by atoms with E-state index in [0.717, 1.165) is 12.8 Å². The highest BCUT2D eigenvalue weighted by Gasteiger charge is 2.16. The summed E-state index contributed by atoms with van der Waals surface area (Å²) in [6, 6.07) is 0. The summed E-state index contributed by atoms with van der Waals surface area (Å²) < 4.78 is 0. The van der Waals surface area contributed by atoms with Gasteiger partial charge in [-0.25, -0.2) is 0 Å². The van der Waals surface area contributed by atoms with Crippen LogP contribution in [0.2, 0.25) is 0 Å². The Morgan fingerprint density at radius 3 is 2.20 bits per heavy atom. The van der Waals surface area contributed by atoms with Gasteiger partial charge in [0.05, 0.1) is 6.10 Å². The van der Waals surface area contributed by atoms with E-state index in [0.29, 0.717) is 0 Å². The van der Waals surface area contributed by atoms with Crippen LogP contribution in [0.25, 0.3) is 0 Å². The molecule has 1 atom stereocenters. The van der Waals surface area contributed by atoms with Crippen molar-refractivity contribution in [3.05, 3.63) is 0 Å². The summed E-state index contributed by atoms with van der Waals surface area (Å²) in [7, 11) is 0. The molecule has 2 nitrogen and oxygen atoms in total. The van der Waals surface area contributed by atoms with Gasteiger partial charge in [0.1, 0.15) is 0 Å². The Hall–Kier alpha value is -0.0800. The first-order chi connectivity index (χ1) is 4.48. The van der Waals surface area contributed by atoms with Crippen molar-refractivity contribution in [3.63, 3.8) is 0 Å². The molecule has 0 heterocycles. The summed E-state index contributed by atoms with van der Waals surface area (Å²) in [5.41, 5.74) is -0.0308. The monoisotopic (exact) mass is 146 g/mol. The van der Waals surface area contributed by atoms with Gasteiger partial charge in [0, 0.05) is 6.61 Å². The molecule has 0 aliphatic carbocycles. The fraction of sp³-hybridized carbons (Fsp3) is 1.00. The molecule has 0 aromatic carbocycles. The first-order valence-electron chi connectivity index (χ1n) is 3.77. The standard InChI is InChI=1S/C8H18O2/c1-7(10)4-5-8(2,3)6-9/h7,9-10H,4-6H2,1-3H3. The van der Waals surface area contributed by atoms with Crippen molar-refractivity contribution in [1.29, 1.82) is 0 Å². The summed E-state index contributed by atoms with van der Waals surface area (Å²) in [6.45, 7) is 5.96. The van der Waals surface area contributed by atoms with Crippen LogP contribution in [0.15, 0.2) is 0 Å². The highest BCUT2D eigenvalue weighted by atomic mass is 16.3. The first kappa shape index (κ1) is 9.92. The lowest BCUT2D eigenvalue weighted by Gasteiger charge is -2.21. The Bertz CT molecular complexity index is 87.3. The molecule has 0 aliphatic rings. The minimum absolute atomic E-state index is 0.0308. The Labute approximate surface area is 62.9 Å². The maximum Gasteiger partial charge on any atom is 0.0512 e. The SMILES string of the molecule is CC(O)CCC(C)(C)CO. The van der Waals surface area contributed by atoms with Gasteiger partial charge in [-0.3, -0.25) is 0 Å². The molecule has 0 saturated carbocycles. The average Bonchev–Trinajstić information content (AvgIpc) is 1.85. The lowest BCUT2D eigenvalue weighted by atomic mass is 9.88. The molecule has 10 heavy (non-hydrogen) atoms. The molecule has 0 rings (SSSR count). The molecule has 0 radical (unpaired) electrons. The molecule has 0 bridgehead atoms. The predicted molar refractivity (Wildman–Crippen MR) is 41.8 cm³/mol. The molecular formula is C8H18O2. The highest BCUT2D eigenvalue weighted by molar-refractivity contribution is 4.67. The molecule has 0 aliphatic heterocycles. The molecule has 0 spiro atoms. The third-order valence-corrected chi connectivity index (χ3v) is 1.67. The maximum absolute atomic E-state index is 8.93. The third kappa shape index (κ3) is 4.77. The number of hydrogen-bond acceptors (Lipinski definition) is 2. The van der Waals surface area contributed by atoms with Crippen molar-refractivity contribution < 1.29 is 10.2 Å². The second-order valence-electron chi connectivity index (χ2n) is 3.71. The summed E-state index contributed by atoms with van der Waals surface area (Å²) in [5, 5.41) is 17.8. The van der Waals surface area contributed by atoms with E-state index in [1.807, 2.05) is 13.8 Å². The predicted octanol–water partition coefficient (Wildman–Crippen LogP) is 1.17. The van der Waals surface area contributed by atoms with E-state index >= 15 is 0 Å². The fourth-order valence-corrected chi connectivity index (χ4v) is 0.679. The van der Waals surface area contributed by atoms with Gasteiger partial charge in [-0.2, -0.15) is 0 Å². The van der Waals surface area contributed by atoms with Gasteiger partial charge >= 0.3 is 0 Å². The van der Waals surface area contributed by atoms with Gasteiger partial charge in [-0.1, -0.05) is 13.8 Å². The van der Waals surface area contributed by atoms with Crippen molar-refractivity contribution in [1.82, 2.24) is 0 Å². The zero-order valence-corrected chi connectivity index (χ0v) is 7.09. The molecule has 1 unspecified atom stereocenters. The van der Waals surface area contributed by atoms with Crippen molar-refractivity contribution in [2.75, 3.05) is 6.61 Å². The van der Waals surface area contributed by atoms with E-state index in [4.69, 9.17) is 10.2 Å². The highest BCUT2D eigenvalue weighted by Crippen LogP contribution is 2.21. The van der Waals surface area contributed by atoms with E-state index in [1.54, 1.807) is 6.92 Å². The van der Waals surface area contributed by atoms with E-state index in [9.17, 15) is 0 Å². The molecule has 0 amide bonds. The van der Waals surface area contributed by atoms with Crippen LogP contribution in [0.1, 0.15) is 33.6 Å². The van der Waals surface area contributed by atoms with Gasteiger partial charge in [0.15, 0.2) is 0 Å². The van der Waals surface area contributed by atoms with Crippen molar-refractivity contribution >= 4 is 0 Å². The van der Waals surface area contributed by atoms with Crippen LogP contribution in [0.3, 0.4) is 0 Å². The summed E-state index contributed by atoms with van der Waals surface area (Å²) >= 11 is 0. The fourth-order valence-electron chi connectivity index (χ4n) is 0.679. The molecule has 0 fully saturated rings. The van der Waals surface area contributed by atoms with E-state index < -0.39 is 0 Å². The first-order valence-corrected chi connectivity index (χ1v) is 3.77. The van der Waals surface area contributed by atoms with Gasteiger partial charge in [-0.15, -0.1) is 0 Å². The zero-order valence-electron chi connectivity index (χ0n) is 7.09. The minimum Gasteiger partial charge on any atom is -0.396 e. The van der Waals surface area contributed by atoms with Crippen molar-refractivity contribution in [2.45, 2.75) is 39.7 Å². The van der Waals surface area contributed by atoms with Gasteiger partial charge in [0.2, 0.25) is 0 Å². The van der Waals surface area contributed by atoms with Crippen LogP contribution in [0, 0.1) is 5.41 Å². The summed E-state index contributed by atoms with van der Waals surface area (Å²) in [5.74, 6) is 0. The van der Waals surface area contributed by atoms with E-state index in [-0.39, 0.29) is 18.1 Å². The van der Waals surface area contributed by atoms with Crippen molar-refractivity contribution in [2.24, 2.45) is 5.41 Å². The molecule has 0 aromatic heterocycles. The van der Waals surface area contributed by atoms with Crippen molar-refractivity contribution in [3.8, 4) is 0 Å². The Kier molecular flexibility index (Phi) is 3.91. The number of aliphatic hydroxyl groups is 2. The second-order valence-corrected chi connectivity index (χ2v) is 3.71. The van der Waals surface area contributed by atoms with E-state index in [1.165, 1.54) is 0 Å². The van der Waals surface area contributed by atoms with Crippen LogP contribution >= 0.6 is 0 Å². The third-order valence-electron chi connectivity index (χ3n) is 1.67. The average molecular weight is 146 g/mol. The van der Waals surface area contributed by atoms with Crippen LogP contribution in [-0.2, 0) is 0 Å². The molecular weight excluding hydrogens is 128 g/mol. The van der Waals surface area contributed by atoms with Crippen LogP contribution in [0.5, 0.6) is 0 Å². The summed E-state index contributed by atoms with van der Waals surface area (Å²) in [6.07, 6.45) is 1.40. The quantitative estimate of drug-likeness (QED) is 0.625. The largest absolute Gasteiger partial charge is 0.396 e. The normalized spacial score (nSPS) is 15.3. The molecule has 0 aromatic rings. The Balaban J connectivity index is 3.46. The van der Waals surface area contributed by atoms with Gasteiger partial charge in [0.25, 0.3) is 0 Å². The Morgan fingerprint density at radius 2 is 1.90 bits per heavy atom. The molecule has 0 saturated heterocycles. The maximum atomic E-state index is 8.93. The number of aliphatic hydroxyl groups excluding tert-OH is 2. The second kappa shape index (κ2) is 3.94. The smallest absolute Gasteiger partial charge is 0.0512 e. The van der Waals surface area contributed by atoms with Gasteiger partial charge < -0.3 is 10.2 Å². The Morgan fingerprint density at radius 1 is 1.40 bits per heavy atom. The molecule has 2 heteroatoms. The molecule has 62 valence electrons. The van der Waals surface area contributed by atoms with E-state index in [2.05, 4.69) is 0 Å². The topological polar surface area (TPSA) is 40.5 Å².